The van der Waals surface area contributed by atoms with Gasteiger partial charge in [-0.15, -0.1) is 0 Å². The van der Waals surface area contributed by atoms with Gasteiger partial charge in [0.2, 0.25) is 0 Å². The van der Waals surface area contributed by atoms with Crippen LogP contribution in [0.2, 0.25) is 0 Å². The number of aromatic nitrogens is 3. The zero-order valence-corrected chi connectivity index (χ0v) is 12.2. The summed E-state index contributed by atoms with van der Waals surface area (Å²) in [6, 6.07) is 0.285. The quantitative estimate of drug-likeness (QED) is 0.610. The zero-order valence-electron chi connectivity index (χ0n) is 12.2. The molecule has 1 aromatic rings. The monoisotopic (exact) mass is 265 g/mol. The summed E-state index contributed by atoms with van der Waals surface area (Å²) >= 11 is 0. The van der Waals surface area contributed by atoms with Gasteiger partial charge in [-0.1, -0.05) is 33.1 Å². The molecule has 0 spiro atoms. The summed E-state index contributed by atoms with van der Waals surface area (Å²) in [4.78, 5) is 4.40. The third-order valence-corrected chi connectivity index (χ3v) is 4.56. The molecule has 0 radical (unpaired) electrons. The van der Waals surface area contributed by atoms with Crippen LogP contribution in [0.1, 0.15) is 58.2 Å². The van der Waals surface area contributed by atoms with Gasteiger partial charge in [-0.25, -0.2) is 4.98 Å². The SMILES string of the molecule is CCCn1ncnc1CC(NN)C1(C)CCCCC1. The number of nitrogens with zero attached hydrogens (tertiary/aromatic N) is 3. The molecule has 5 heteroatoms. The summed E-state index contributed by atoms with van der Waals surface area (Å²) in [6.07, 6.45) is 10.1. The van der Waals surface area contributed by atoms with Crippen molar-refractivity contribution in [1.82, 2.24) is 20.2 Å². The average molecular weight is 265 g/mol. The highest BCUT2D eigenvalue weighted by molar-refractivity contribution is 4.97. The lowest BCUT2D eigenvalue weighted by Crippen LogP contribution is -2.49. The molecule has 0 bridgehead atoms. The number of nitrogens with two attached hydrogens (primary N) is 1. The lowest BCUT2D eigenvalue weighted by atomic mass is 9.70. The van der Waals surface area contributed by atoms with Gasteiger partial charge < -0.3 is 0 Å². The molecule has 0 saturated heterocycles. The Morgan fingerprint density at radius 2 is 2.16 bits per heavy atom. The predicted octanol–water partition coefficient (Wildman–Crippen LogP) is 2.03. The van der Waals surface area contributed by atoms with E-state index in [1.54, 1.807) is 6.33 Å². The number of hydrogen-bond acceptors (Lipinski definition) is 4. The van der Waals surface area contributed by atoms with Gasteiger partial charge in [-0.05, 0) is 24.7 Å². The number of hydrogen-bond donors (Lipinski definition) is 2. The van der Waals surface area contributed by atoms with E-state index in [9.17, 15) is 0 Å². The van der Waals surface area contributed by atoms with Gasteiger partial charge in [0, 0.05) is 19.0 Å². The number of nitrogens with one attached hydrogen (secondary N) is 1. The Bertz CT molecular complexity index is 381. The van der Waals surface area contributed by atoms with Crippen LogP contribution >= 0.6 is 0 Å². The molecule has 1 fully saturated rings. The highest BCUT2D eigenvalue weighted by atomic mass is 15.3. The van der Waals surface area contributed by atoms with Crippen molar-refractivity contribution in [1.29, 1.82) is 0 Å². The first kappa shape index (κ1) is 14.5. The molecule has 1 heterocycles. The number of hydrazine groups is 1. The lowest BCUT2D eigenvalue weighted by Gasteiger charge is -2.40. The van der Waals surface area contributed by atoms with Gasteiger partial charge in [-0.3, -0.25) is 16.0 Å². The maximum atomic E-state index is 5.82. The van der Waals surface area contributed by atoms with Crippen molar-refractivity contribution in [3.63, 3.8) is 0 Å². The molecule has 5 nitrogen and oxygen atoms in total. The van der Waals surface area contributed by atoms with Crippen molar-refractivity contribution >= 4 is 0 Å². The lowest BCUT2D eigenvalue weighted by molar-refractivity contribution is 0.141. The average Bonchev–Trinajstić information content (AvgIpc) is 2.84. The maximum Gasteiger partial charge on any atom is 0.138 e. The first-order valence-corrected chi connectivity index (χ1v) is 7.52. The van der Waals surface area contributed by atoms with Crippen LogP contribution in [-0.4, -0.2) is 20.8 Å². The van der Waals surface area contributed by atoms with Crippen LogP contribution in [0, 0.1) is 5.41 Å². The molecule has 0 aromatic carbocycles. The Labute approximate surface area is 115 Å². The number of aryl methyl sites for hydroxylation is 1. The van der Waals surface area contributed by atoms with Crippen molar-refractivity contribution in [2.75, 3.05) is 0 Å². The molecule has 1 saturated carbocycles. The fourth-order valence-electron chi connectivity index (χ4n) is 3.24. The first-order valence-electron chi connectivity index (χ1n) is 7.52. The summed E-state index contributed by atoms with van der Waals surface area (Å²) in [7, 11) is 0. The van der Waals surface area contributed by atoms with E-state index in [0.29, 0.717) is 0 Å². The fraction of sp³-hybridized carbons (Fsp3) is 0.857. The van der Waals surface area contributed by atoms with Crippen LogP contribution in [0.15, 0.2) is 6.33 Å². The van der Waals surface area contributed by atoms with Crippen LogP contribution < -0.4 is 11.3 Å². The Kier molecular flexibility index (Phi) is 4.93. The first-order chi connectivity index (χ1) is 9.19. The van der Waals surface area contributed by atoms with E-state index in [-0.39, 0.29) is 11.5 Å². The molecule has 19 heavy (non-hydrogen) atoms. The fourth-order valence-corrected chi connectivity index (χ4v) is 3.24. The molecule has 0 aliphatic heterocycles. The molecule has 108 valence electrons. The molecule has 1 aromatic heterocycles. The minimum absolute atomic E-state index is 0.285. The summed E-state index contributed by atoms with van der Waals surface area (Å²) in [6.45, 7) is 5.45. The van der Waals surface area contributed by atoms with Crippen LogP contribution in [0.5, 0.6) is 0 Å². The molecule has 1 aliphatic rings. The second-order valence-corrected chi connectivity index (χ2v) is 6.04. The predicted molar refractivity (Wildman–Crippen MR) is 76.3 cm³/mol. The summed E-state index contributed by atoms with van der Waals surface area (Å²) in [5.41, 5.74) is 3.33. The van der Waals surface area contributed by atoms with E-state index < -0.39 is 0 Å². The minimum Gasteiger partial charge on any atom is -0.271 e. The van der Waals surface area contributed by atoms with Crippen molar-refractivity contribution in [3.8, 4) is 0 Å². The van der Waals surface area contributed by atoms with Crippen molar-refractivity contribution in [3.05, 3.63) is 12.2 Å². The molecular weight excluding hydrogens is 238 g/mol. The van der Waals surface area contributed by atoms with Crippen molar-refractivity contribution < 1.29 is 0 Å². The van der Waals surface area contributed by atoms with Crippen LogP contribution in [-0.2, 0) is 13.0 Å². The Hall–Kier alpha value is -0.940. The summed E-state index contributed by atoms with van der Waals surface area (Å²) in [5.74, 6) is 6.87. The van der Waals surface area contributed by atoms with Gasteiger partial charge in [-0.2, -0.15) is 5.10 Å². The number of rotatable bonds is 6. The molecule has 2 rings (SSSR count). The second-order valence-electron chi connectivity index (χ2n) is 6.04. The van der Waals surface area contributed by atoms with Crippen molar-refractivity contribution in [2.45, 2.75) is 71.4 Å². The summed E-state index contributed by atoms with van der Waals surface area (Å²) < 4.78 is 2.01. The van der Waals surface area contributed by atoms with E-state index in [2.05, 4.69) is 29.4 Å². The topological polar surface area (TPSA) is 68.8 Å². The largest absolute Gasteiger partial charge is 0.271 e. The highest BCUT2D eigenvalue weighted by Crippen LogP contribution is 2.39. The van der Waals surface area contributed by atoms with E-state index in [4.69, 9.17) is 5.84 Å². The Morgan fingerprint density at radius 1 is 1.42 bits per heavy atom. The third-order valence-electron chi connectivity index (χ3n) is 4.56. The van der Waals surface area contributed by atoms with Crippen LogP contribution in [0.3, 0.4) is 0 Å². The molecule has 1 unspecified atom stereocenters. The van der Waals surface area contributed by atoms with E-state index in [1.165, 1.54) is 32.1 Å². The molecule has 1 aliphatic carbocycles. The van der Waals surface area contributed by atoms with Gasteiger partial charge in [0.1, 0.15) is 12.2 Å². The van der Waals surface area contributed by atoms with E-state index in [1.807, 2.05) is 4.68 Å². The molecule has 1 atom stereocenters. The molecule has 0 amide bonds. The standard InChI is InChI=1S/C14H27N5/c1-3-9-19-13(16-11-17-19)10-12(18-15)14(2)7-5-4-6-8-14/h11-12,18H,3-10,15H2,1-2H3. The Morgan fingerprint density at radius 3 is 2.79 bits per heavy atom. The Balaban J connectivity index is 2.07. The third kappa shape index (κ3) is 3.34. The smallest absolute Gasteiger partial charge is 0.138 e. The van der Waals surface area contributed by atoms with E-state index in [0.717, 1.165) is 25.2 Å². The highest BCUT2D eigenvalue weighted by Gasteiger charge is 2.35. The normalized spacial score (nSPS) is 20.4. The minimum atomic E-state index is 0.285. The van der Waals surface area contributed by atoms with Crippen LogP contribution in [0.4, 0.5) is 0 Å². The molecule has 3 N–H and O–H groups in total. The summed E-state index contributed by atoms with van der Waals surface area (Å²) in [5, 5.41) is 4.30. The second kappa shape index (κ2) is 6.48. The maximum absolute atomic E-state index is 5.82. The van der Waals surface area contributed by atoms with Gasteiger partial charge in [0.05, 0.1) is 0 Å². The van der Waals surface area contributed by atoms with Crippen molar-refractivity contribution in [2.24, 2.45) is 11.3 Å². The van der Waals surface area contributed by atoms with Crippen LogP contribution in [0.25, 0.3) is 0 Å². The zero-order chi connectivity index (χ0) is 13.7. The van der Waals surface area contributed by atoms with E-state index >= 15 is 0 Å². The van der Waals surface area contributed by atoms with Gasteiger partial charge >= 0.3 is 0 Å². The molecular formula is C14H27N5. The van der Waals surface area contributed by atoms with Gasteiger partial charge in [0.25, 0.3) is 0 Å². The van der Waals surface area contributed by atoms with Gasteiger partial charge in [0.15, 0.2) is 0 Å².